The number of nitrogens with zero attached hydrogens (tertiary/aromatic N) is 1. The second kappa shape index (κ2) is 6.26. The first-order valence-electron chi connectivity index (χ1n) is 6.51. The van der Waals surface area contributed by atoms with Crippen LogP contribution in [0.2, 0.25) is 5.02 Å². The normalized spacial score (nSPS) is 17.4. The van der Waals surface area contributed by atoms with E-state index in [2.05, 4.69) is 17.3 Å². The average Bonchev–Trinajstić information content (AvgIpc) is 2.38. The van der Waals surface area contributed by atoms with Crippen molar-refractivity contribution in [1.29, 1.82) is 0 Å². The Hall–Kier alpha value is -1.26. The number of rotatable bonds is 4. The van der Waals surface area contributed by atoms with E-state index in [9.17, 15) is 4.79 Å². The molecule has 0 unspecified atom stereocenters. The van der Waals surface area contributed by atoms with E-state index in [1.165, 1.54) is 0 Å². The zero-order chi connectivity index (χ0) is 13.8. The summed E-state index contributed by atoms with van der Waals surface area (Å²) >= 11 is 5.92. The largest absolute Gasteiger partial charge is 0.478 e. The van der Waals surface area contributed by atoms with Crippen LogP contribution in [-0.4, -0.2) is 42.7 Å². The minimum absolute atomic E-state index is 0.275. The maximum Gasteiger partial charge on any atom is 0.337 e. The molecule has 5 heteroatoms. The van der Waals surface area contributed by atoms with Crippen LogP contribution < -0.4 is 5.32 Å². The summed E-state index contributed by atoms with van der Waals surface area (Å²) in [4.78, 5) is 13.5. The number of carboxylic acid groups (broad SMARTS) is 1. The van der Waals surface area contributed by atoms with E-state index in [4.69, 9.17) is 16.7 Å². The van der Waals surface area contributed by atoms with Crippen LogP contribution in [-0.2, 0) is 0 Å². The predicted octanol–water partition coefficient (Wildman–Crippen LogP) is 2.79. The number of carboxylic acids is 1. The first-order chi connectivity index (χ1) is 9.06. The molecule has 0 aliphatic carbocycles. The van der Waals surface area contributed by atoms with Gasteiger partial charge in [-0.3, -0.25) is 0 Å². The summed E-state index contributed by atoms with van der Waals surface area (Å²) in [5.41, 5.74) is 0.885. The Morgan fingerprint density at radius 3 is 2.79 bits per heavy atom. The van der Waals surface area contributed by atoms with Gasteiger partial charge >= 0.3 is 5.97 Å². The molecule has 0 bridgehead atoms. The number of likely N-dealkylation sites (tertiary alicyclic amines) is 1. The summed E-state index contributed by atoms with van der Waals surface area (Å²) in [6.45, 7) is 3.01. The van der Waals surface area contributed by atoms with Gasteiger partial charge in [0.2, 0.25) is 0 Å². The van der Waals surface area contributed by atoms with Crippen molar-refractivity contribution in [1.82, 2.24) is 4.90 Å². The quantitative estimate of drug-likeness (QED) is 0.892. The SMILES string of the molecule is CN1CCC(CNc2cc(Cl)ccc2C(=O)O)CC1. The maximum absolute atomic E-state index is 11.1. The van der Waals surface area contributed by atoms with Gasteiger partial charge in [0.1, 0.15) is 0 Å². The topological polar surface area (TPSA) is 52.6 Å². The van der Waals surface area contributed by atoms with Gasteiger partial charge in [0, 0.05) is 11.6 Å². The molecular formula is C14H19ClN2O2. The van der Waals surface area contributed by atoms with Crippen LogP contribution in [0, 0.1) is 5.92 Å². The number of aromatic carboxylic acids is 1. The number of hydrogen-bond donors (Lipinski definition) is 2. The lowest BCUT2D eigenvalue weighted by molar-refractivity contribution is 0.0698. The van der Waals surface area contributed by atoms with Gasteiger partial charge in [-0.2, -0.15) is 0 Å². The van der Waals surface area contributed by atoms with Crippen LogP contribution >= 0.6 is 11.6 Å². The first-order valence-corrected chi connectivity index (χ1v) is 6.89. The van der Waals surface area contributed by atoms with E-state index in [0.717, 1.165) is 32.5 Å². The molecule has 104 valence electrons. The van der Waals surface area contributed by atoms with Crippen LogP contribution in [0.15, 0.2) is 18.2 Å². The average molecular weight is 283 g/mol. The van der Waals surface area contributed by atoms with Crippen molar-refractivity contribution >= 4 is 23.3 Å². The van der Waals surface area contributed by atoms with E-state index >= 15 is 0 Å². The minimum atomic E-state index is -0.928. The van der Waals surface area contributed by atoms with Crippen molar-refractivity contribution < 1.29 is 9.90 Å². The number of anilines is 1. The molecule has 0 spiro atoms. The number of piperidine rings is 1. The van der Waals surface area contributed by atoms with E-state index < -0.39 is 5.97 Å². The summed E-state index contributed by atoms with van der Waals surface area (Å²) in [5, 5.41) is 12.9. The molecule has 19 heavy (non-hydrogen) atoms. The molecule has 1 aliphatic heterocycles. The smallest absolute Gasteiger partial charge is 0.337 e. The van der Waals surface area contributed by atoms with Gasteiger partial charge in [-0.05, 0) is 57.1 Å². The fourth-order valence-electron chi connectivity index (χ4n) is 2.37. The third-order valence-electron chi connectivity index (χ3n) is 3.63. The van der Waals surface area contributed by atoms with Crippen molar-refractivity contribution in [2.75, 3.05) is 32.0 Å². The highest BCUT2D eigenvalue weighted by atomic mass is 35.5. The second-order valence-electron chi connectivity index (χ2n) is 5.12. The highest BCUT2D eigenvalue weighted by molar-refractivity contribution is 6.31. The Morgan fingerprint density at radius 2 is 2.16 bits per heavy atom. The van der Waals surface area contributed by atoms with Gasteiger partial charge in [-0.15, -0.1) is 0 Å². The van der Waals surface area contributed by atoms with Gasteiger partial charge in [0.05, 0.1) is 11.3 Å². The molecule has 1 heterocycles. The number of carbonyl (C=O) groups is 1. The van der Waals surface area contributed by atoms with E-state index in [0.29, 0.717) is 16.6 Å². The number of halogens is 1. The third-order valence-corrected chi connectivity index (χ3v) is 3.87. The van der Waals surface area contributed by atoms with Crippen molar-refractivity contribution in [3.05, 3.63) is 28.8 Å². The van der Waals surface area contributed by atoms with Crippen molar-refractivity contribution in [3.8, 4) is 0 Å². The van der Waals surface area contributed by atoms with Crippen LogP contribution in [0.5, 0.6) is 0 Å². The molecule has 0 amide bonds. The van der Waals surface area contributed by atoms with Gasteiger partial charge in [-0.1, -0.05) is 11.6 Å². The summed E-state index contributed by atoms with van der Waals surface area (Å²) in [6.07, 6.45) is 2.29. The van der Waals surface area contributed by atoms with E-state index in [1.54, 1.807) is 18.2 Å². The Labute approximate surface area is 118 Å². The molecule has 0 atom stereocenters. The maximum atomic E-state index is 11.1. The summed E-state index contributed by atoms with van der Waals surface area (Å²) in [5.74, 6) is -0.334. The van der Waals surface area contributed by atoms with Gasteiger partial charge < -0.3 is 15.3 Å². The molecule has 0 radical (unpaired) electrons. The van der Waals surface area contributed by atoms with Gasteiger partial charge in [-0.25, -0.2) is 4.79 Å². The summed E-state index contributed by atoms with van der Waals surface area (Å²) < 4.78 is 0. The van der Waals surface area contributed by atoms with Crippen LogP contribution in [0.25, 0.3) is 0 Å². The molecular weight excluding hydrogens is 264 g/mol. The highest BCUT2D eigenvalue weighted by Crippen LogP contribution is 2.23. The number of benzene rings is 1. The monoisotopic (exact) mass is 282 g/mol. The molecule has 0 aromatic heterocycles. The number of hydrogen-bond acceptors (Lipinski definition) is 3. The molecule has 1 aromatic carbocycles. The standard InChI is InChI=1S/C14H19ClN2O2/c1-17-6-4-10(5-7-17)9-16-13-8-11(15)2-3-12(13)14(18)19/h2-3,8,10,16H,4-7,9H2,1H3,(H,18,19). The minimum Gasteiger partial charge on any atom is -0.478 e. The van der Waals surface area contributed by atoms with Gasteiger partial charge in [0.15, 0.2) is 0 Å². The van der Waals surface area contributed by atoms with Gasteiger partial charge in [0.25, 0.3) is 0 Å². The molecule has 1 aromatic rings. The second-order valence-corrected chi connectivity index (χ2v) is 5.56. The Morgan fingerprint density at radius 1 is 1.47 bits per heavy atom. The van der Waals surface area contributed by atoms with Crippen molar-refractivity contribution in [2.45, 2.75) is 12.8 Å². The zero-order valence-corrected chi connectivity index (χ0v) is 11.8. The molecule has 1 fully saturated rings. The fraction of sp³-hybridized carbons (Fsp3) is 0.500. The van der Waals surface area contributed by atoms with E-state index in [1.807, 2.05) is 0 Å². The first kappa shape index (κ1) is 14.2. The molecule has 0 saturated carbocycles. The van der Waals surface area contributed by atoms with Crippen molar-refractivity contribution in [2.24, 2.45) is 5.92 Å². The van der Waals surface area contributed by atoms with Crippen molar-refractivity contribution in [3.63, 3.8) is 0 Å². The summed E-state index contributed by atoms with van der Waals surface area (Å²) in [7, 11) is 2.13. The molecule has 4 nitrogen and oxygen atoms in total. The molecule has 1 aliphatic rings. The Bertz CT molecular complexity index is 457. The Balaban J connectivity index is 1.98. The zero-order valence-electron chi connectivity index (χ0n) is 11.0. The van der Waals surface area contributed by atoms with E-state index in [-0.39, 0.29) is 5.56 Å². The molecule has 2 rings (SSSR count). The van der Waals surface area contributed by atoms with Crippen LogP contribution in [0.1, 0.15) is 23.2 Å². The fourth-order valence-corrected chi connectivity index (χ4v) is 2.54. The number of nitrogens with one attached hydrogen (secondary N) is 1. The highest BCUT2D eigenvalue weighted by Gasteiger charge is 2.17. The lowest BCUT2D eigenvalue weighted by Crippen LogP contribution is -2.33. The molecule has 2 N–H and O–H groups in total. The summed E-state index contributed by atoms with van der Waals surface area (Å²) in [6, 6.07) is 4.83. The molecule has 1 saturated heterocycles. The van der Waals surface area contributed by atoms with Crippen LogP contribution in [0.3, 0.4) is 0 Å². The predicted molar refractivity (Wildman–Crippen MR) is 77.1 cm³/mol. The Kier molecular flexibility index (Phi) is 4.66. The lowest BCUT2D eigenvalue weighted by Gasteiger charge is -2.29. The third kappa shape index (κ3) is 3.85. The lowest BCUT2D eigenvalue weighted by atomic mass is 9.97. The van der Waals surface area contributed by atoms with Crippen LogP contribution in [0.4, 0.5) is 5.69 Å².